The second-order valence-corrected chi connectivity index (χ2v) is 3.57. The van der Waals surface area contributed by atoms with Crippen LogP contribution in [0.5, 0.6) is 0 Å². The number of nitrogen functional groups attached to an aromatic ring is 1. The van der Waals surface area contributed by atoms with Crippen LogP contribution in [0.1, 0.15) is 5.56 Å². The predicted octanol–water partition coefficient (Wildman–Crippen LogP) is 3.38. The highest BCUT2D eigenvalue weighted by Crippen LogP contribution is 2.28. The topological polar surface area (TPSA) is 26.0 Å². The molecule has 15 heavy (non-hydrogen) atoms. The summed E-state index contributed by atoms with van der Waals surface area (Å²) >= 11 is 0. The van der Waals surface area contributed by atoms with E-state index in [0.29, 0.717) is 11.3 Å². The molecule has 0 spiro atoms. The van der Waals surface area contributed by atoms with Crippen molar-refractivity contribution in [1.82, 2.24) is 0 Å². The van der Waals surface area contributed by atoms with E-state index in [4.69, 9.17) is 5.73 Å². The highest BCUT2D eigenvalue weighted by atomic mass is 19.1. The second kappa shape index (κ2) is 3.73. The summed E-state index contributed by atoms with van der Waals surface area (Å²) in [7, 11) is 0. The van der Waals surface area contributed by atoms with Crippen LogP contribution in [0.3, 0.4) is 0 Å². The zero-order valence-corrected chi connectivity index (χ0v) is 8.50. The molecule has 0 heterocycles. The molecule has 2 aromatic carbocycles. The third kappa shape index (κ3) is 1.84. The fraction of sp³-hybridized carbons (Fsp3) is 0.0769. The fourth-order valence-electron chi connectivity index (χ4n) is 1.58. The van der Waals surface area contributed by atoms with Crippen LogP contribution in [0, 0.1) is 12.7 Å². The molecule has 2 rings (SSSR count). The van der Waals surface area contributed by atoms with Crippen LogP contribution in [-0.2, 0) is 0 Å². The van der Waals surface area contributed by atoms with Gasteiger partial charge in [-0.15, -0.1) is 0 Å². The van der Waals surface area contributed by atoms with Crippen LogP contribution in [-0.4, -0.2) is 0 Å². The number of benzene rings is 2. The Labute approximate surface area is 88.4 Å². The smallest absolute Gasteiger partial charge is 0.131 e. The zero-order valence-electron chi connectivity index (χ0n) is 8.50. The molecule has 0 saturated carbocycles. The fourth-order valence-corrected chi connectivity index (χ4v) is 1.58. The van der Waals surface area contributed by atoms with E-state index in [1.165, 1.54) is 6.07 Å². The van der Waals surface area contributed by atoms with Crippen LogP contribution in [0.25, 0.3) is 11.1 Å². The molecule has 2 heteroatoms. The van der Waals surface area contributed by atoms with E-state index in [2.05, 4.69) is 0 Å². The normalized spacial score (nSPS) is 10.3. The monoisotopic (exact) mass is 201 g/mol. The van der Waals surface area contributed by atoms with Gasteiger partial charge in [-0.2, -0.15) is 0 Å². The van der Waals surface area contributed by atoms with Gasteiger partial charge in [-0.05, 0) is 25.1 Å². The number of anilines is 1. The molecule has 0 bridgehead atoms. The van der Waals surface area contributed by atoms with Crippen LogP contribution < -0.4 is 5.73 Å². The van der Waals surface area contributed by atoms with Gasteiger partial charge in [0.2, 0.25) is 0 Å². The van der Waals surface area contributed by atoms with Gasteiger partial charge in [0.25, 0.3) is 0 Å². The van der Waals surface area contributed by atoms with Gasteiger partial charge in [-0.1, -0.05) is 29.8 Å². The van der Waals surface area contributed by atoms with E-state index >= 15 is 0 Å². The average Bonchev–Trinajstić information content (AvgIpc) is 2.23. The molecule has 0 radical (unpaired) electrons. The Morgan fingerprint density at radius 1 is 1.00 bits per heavy atom. The molecular weight excluding hydrogens is 189 g/mol. The lowest BCUT2D eigenvalue weighted by atomic mass is 10.0. The Balaban J connectivity index is 2.64. The van der Waals surface area contributed by atoms with Gasteiger partial charge in [0.05, 0.1) is 0 Å². The van der Waals surface area contributed by atoms with Gasteiger partial charge in [0.15, 0.2) is 0 Å². The maximum absolute atomic E-state index is 13.5. The van der Waals surface area contributed by atoms with Crippen molar-refractivity contribution in [3.63, 3.8) is 0 Å². The van der Waals surface area contributed by atoms with Crippen molar-refractivity contribution in [1.29, 1.82) is 0 Å². The Morgan fingerprint density at radius 3 is 2.47 bits per heavy atom. The van der Waals surface area contributed by atoms with E-state index in [1.54, 1.807) is 24.3 Å². The van der Waals surface area contributed by atoms with E-state index in [9.17, 15) is 4.39 Å². The standard InChI is InChI=1S/C13H12FN/c1-9-6-7-13(15)11(8-9)10-4-2-3-5-12(10)14/h2-8H,15H2,1H3. The Bertz CT molecular complexity index is 492. The molecule has 0 aliphatic carbocycles. The summed E-state index contributed by atoms with van der Waals surface area (Å²) in [6, 6.07) is 12.3. The summed E-state index contributed by atoms with van der Waals surface area (Å²) in [6.45, 7) is 1.96. The molecule has 0 saturated heterocycles. The number of halogens is 1. The van der Waals surface area contributed by atoms with Crippen LogP contribution in [0.2, 0.25) is 0 Å². The minimum absolute atomic E-state index is 0.241. The van der Waals surface area contributed by atoms with Gasteiger partial charge in [0, 0.05) is 16.8 Å². The van der Waals surface area contributed by atoms with Gasteiger partial charge in [-0.3, -0.25) is 0 Å². The zero-order chi connectivity index (χ0) is 10.8. The van der Waals surface area contributed by atoms with Crippen LogP contribution in [0.4, 0.5) is 10.1 Å². The number of hydrogen-bond donors (Lipinski definition) is 1. The Morgan fingerprint density at radius 2 is 1.73 bits per heavy atom. The van der Waals surface area contributed by atoms with Crippen molar-refractivity contribution in [3.8, 4) is 11.1 Å². The molecule has 1 nitrogen and oxygen atoms in total. The minimum Gasteiger partial charge on any atom is -0.398 e. The summed E-state index contributed by atoms with van der Waals surface area (Å²) in [5.74, 6) is -0.241. The SMILES string of the molecule is Cc1ccc(N)c(-c2ccccc2F)c1. The summed E-state index contributed by atoms with van der Waals surface area (Å²) in [5.41, 5.74) is 8.81. The number of hydrogen-bond acceptors (Lipinski definition) is 1. The quantitative estimate of drug-likeness (QED) is 0.703. The maximum Gasteiger partial charge on any atom is 0.131 e. The number of nitrogens with two attached hydrogens (primary N) is 1. The van der Waals surface area contributed by atoms with Crippen molar-refractivity contribution in [3.05, 3.63) is 53.8 Å². The average molecular weight is 201 g/mol. The molecule has 2 N–H and O–H groups in total. The lowest BCUT2D eigenvalue weighted by Crippen LogP contribution is -1.92. The molecule has 0 aliphatic rings. The van der Waals surface area contributed by atoms with Crippen LogP contribution >= 0.6 is 0 Å². The second-order valence-electron chi connectivity index (χ2n) is 3.57. The summed E-state index contributed by atoms with van der Waals surface area (Å²) in [6.07, 6.45) is 0. The molecule has 2 aromatic rings. The third-order valence-corrected chi connectivity index (χ3v) is 2.37. The summed E-state index contributed by atoms with van der Waals surface area (Å²) in [4.78, 5) is 0. The Hall–Kier alpha value is -1.83. The molecule has 0 fully saturated rings. The van der Waals surface area contributed by atoms with E-state index in [-0.39, 0.29) is 5.82 Å². The molecule has 76 valence electrons. The van der Waals surface area contributed by atoms with Crippen LogP contribution in [0.15, 0.2) is 42.5 Å². The van der Waals surface area contributed by atoms with Gasteiger partial charge >= 0.3 is 0 Å². The van der Waals surface area contributed by atoms with Crippen molar-refractivity contribution >= 4 is 5.69 Å². The Kier molecular flexibility index (Phi) is 2.42. The van der Waals surface area contributed by atoms with Gasteiger partial charge in [0.1, 0.15) is 5.82 Å². The summed E-state index contributed by atoms with van der Waals surface area (Å²) < 4.78 is 13.5. The lowest BCUT2D eigenvalue weighted by Gasteiger charge is -2.07. The van der Waals surface area contributed by atoms with Crippen molar-refractivity contribution in [2.45, 2.75) is 6.92 Å². The first-order valence-corrected chi connectivity index (χ1v) is 4.79. The number of rotatable bonds is 1. The van der Waals surface area contributed by atoms with E-state index in [0.717, 1.165) is 11.1 Å². The van der Waals surface area contributed by atoms with E-state index in [1.807, 2.05) is 19.1 Å². The molecule has 0 aromatic heterocycles. The first-order chi connectivity index (χ1) is 7.18. The molecule has 0 amide bonds. The van der Waals surface area contributed by atoms with Gasteiger partial charge in [-0.25, -0.2) is 4.39 Å². The largest absolute Gasteiger partial charge is 0.398 e. The first kappa shape index (κ1) is 9.71. The van der Waals surface area contributed by atoms with Crippen molar-refractivity contribution in [2.75, 3.05) is 5.73 Å². The maximum atomic E-state index is 13.5. The van der Waals surface area contributed by atoms with E-state index < -0.39 is 0 Å². The minimum atomic E-state index is -0.241. The van der Waals surface area contributed by atoms with Crippen molar-refractivity contribution in [2.24, 2.45) is 0 Å². The predicted molar refractivity (Wildman–Crippen MR) is 61.0 cm³/mol. The highest BCUT2D eigenvalue weighted by Gasteiger charge is 2.07. The molecular formula is C13H12FN. The van der Waals surface area contributed by atoms with Crippen molar-refractivity contribution < 1.29 is 4.39 Å². The number of aryl methyl sites for hydroxylation is 1. The van der Waals surface area contributed by atoms with Gasteiger partial charge < -0.3 is 5.73 Å². The molecule has 0 unspecified atom stereocenters. The highest BCUT2D eigenvalue weighted by molar-refractivity contribution is 5.77. The molecule has 0 atom stereocenters. The molecule has 0 aliphatic heterocycles. The third-order valence-electron chi connectivity index (χ3n) is 2.37. The summed E-state index contributed by atoms with van der Waals surface area (Å²) in [5, 5.41) is 0. The lowest BCUT2D eigenvalue weighted by molar-refractivity contribution is 0.631. The first-order valence-electron chi connectivity index (χ1n) is 4.79.